The Morgan fingerprint density at radius 3 is 2.38 bits per heavy atom. The molecule has 0 amide bonds. The van der Waals surface area contributed by atoms with Crippen molar-refractivity contribution in [2.45, 2.75) is 57.3 Å². The lowest BCUT2D eigenvalue weighted by atomic mass is 9.76. The number of ether oxygens (including phenoxy) is 1. The Morgan fingerprint density at radius 2 is 2.08 bits per heavy atom. The van der Waals surface area contributed by atoms with Crippen LogP contribution in [0.2, 0.25) is 0 Å². The van der Waals surface area contributed by atoms with Crippen molar-refractivity contribution in [3.05, 3.63) is 0 Å². The minimum atomic E-state index is -0.870. The molecule has 78 valence electrons. The molecule has 2 atom stereocenters. The Balaban J connectivity index is 2.81. The standard InChI is InChI=1S/C10H21NO2/c1-5-9(4,11)10(12)6-8(2,3)13-7-10/h12H,5-7,11H2,1-4H3. The number of rotatable bonds is 2. The number of hydrogen-bond donors (Lipinski definition) is 2. The minimum Gasteiger partial charge on any atom is -0.385 e. The van der Waals surface area contributed by atoms with E-state index in [4.69, 9.17) is 10.5 Å². The first kappa shape index (κ1) is 11.0. The first-order valence-electron chi connectivity index (χ1n) is 4.88. The van der Waals surface area contributed by atoms with Crippen molar-refractivity contribution >= 4 is 0 Å². The Labute approximate surface area is 80.3 Å². The molecule has 2 unspecified atom stereocenters. The third kappa shape index (κ3) is 1.87. The third-order valence-electron chi connectivity index (χ3n) is 3.22. The van der Waals surface area contributed by atoms with Crippen LogP contribution < -0.4 is 5.73 Å². The molecule has 3 heteroatoms. The van der Waals surface area contributed by atoms with Crippen LogP contribution in [0.25, 0.3) is 0 Å². The fraction of sp³-hybridized carbons (Fsp3) is 1.00. The predicted octanol–water partition coefficient (Wildman–Crippen LogP) is 1.04. The van der Waals surface area contributed by atoms with Gasteiger partial charge >= 0.3 is 0 Å². The van der Waals surface area contributed by atoms with Crippen molar-refractivity contribution in [3.63, 3.8) is 0 Å². The highest BCUT2D eigenvalue weighted by Gasteiger charge is 2.51. The van der Waals surface area contributed by atoms with E-state index in [1.165, 1.54) is 0 Å². The van der Waals surface area contributed by atoms with Gasteiger partial charge in [-0.2, -0.15) is 0 Å². The van der Waals surface area contributed by atoms with E-state index in [0.29, 0.717) is 13.0 Å². The van der Waals surface area contributed by atoms with Crippen molar-refractivity contribution in [3.8, 4) is 0 Å². The van der Waals surface area contributed by atoms with E-state index in [0.717, 1.165) is 6.42 Å². The molecule has 1 aliphatic rings. The SMILES string of the molecule is CCC(C)(N)C1(O)COC(C)(C)C1. The largest absolute Gasteiger partial charge is 0.385 e. The third-order valence-corrected chi connectivity index (χ3v) is 3.22. The molecular weight excluding hydrogens is 166 g/mol. The first-order valence-corrected chi connectivity index (χ1v) is 4.88. The van der Waals surface area contributed by atoms with Crippen molar-refractivity contribution in [1.82, 2.24) is 0 Å². The zero-order valence-corrected chi connectivity index (χ0v) is 9.05. The summed E-state index contributed by atoms with van der Waals surface area (Å²) in [5.41, 5.74) is 4.38. The molecule has 1 heterocycles. The lowest BCUT2D eigenvalue weighted by Crippen LogP contribution is -2.59. The van der Waals surface area contributed by atoms with Crippen LogP contribution in [0.5, 0.6) is 0 Å². The van der Waals surface area contributed by atoms with Gasteiger partial charge in [0.1, 0.15) is 5.60 Å². The fourth-order valence-corrected chi connectivity index (χ4v) is 1.82. The van der Waals surface area contributed by atoms with E-state index < -0.39 is 11.1 Å². The van der Waals surface area contributed by atoms with Crippen LogP contribution in [-0.2, 0) is 4.74 Å². The molecule has 0 aromatic heterocycles. The second-order valence-corrected chi connectivity index (χ2v) is 5.03. The summed E-state index contributed by atoms with van der Waals surface area (Å²) in [5.74, 6) is 0. The summed E-state index contributed by atoms with van der Waals surface area (Å²) in [5, 5.41) is 10.3. The highest BCUT2D eigenvalue weighted by Crippen LogP contribution is 2.39. The van der Waals surface area contributed by atoms with Gasteiger partial charge in [-0.1, -0.05) is 6.92 Å². The van der Waals surface area contributed by atoms with Gasteiger partial charge in [-0.25, -0.2) is 0 Å². The summed E-state index contributed by atoms with van der Waals surface area (Å²) < 4.78 is 5.51. The smallest absolute Gasteiger partial charge is 0.108 e. The summed E-state index contributed by atoms with van der Waals surface area (Å²) in [7, 11) is 0. The van der Waals surface area contributed by atoms with Gasteiger partial charge in [0.15, 0.2) is 0 Å². The first-order chi connectivity index (χ1) is 5.72. The molecule has 0 spiro atoms. The van der Waals surface area contributed by atoms with Crippen LogP contribution in [0.1, 0.15) is 40.5 Å². The van der Waals surface area contributed by atoms with Crippen LogP contribution in [-0.4, -0.2) is 28.5 Å². The highest BCUT2D eigenvalue weighted by atomic mass is 16.5. The summed E-state index contributed by atoms with van der Waals surface area (Å²) >= 11 is 0. The van der Waals surface area contributed by atoms with E-state index in [1.807, 2.05) is 27.7 Å². The molecule has 0 aliphatic carbocycles. The topological polar surface area (TPSA) is 55.5 Å². The van der Waals surface area contributed by atoms with Gasteiger partial charge in [0, 0.05) is 12.0 Å². The van der Waals surface area contributed by atoms with Gasteiger partial charge < -0.3 is 15.6 Å². The van der Waals surface area contributed by atoms with Gasteiger partial charge in [-0.15, -0.1) is 0 Å². The van der Waals surface area contributed by atoms with Gasteiger partial charge in [0.2, 0.25) is 0 Å². The molecule has 0 aromatic carbocycles. The zero-order chi connectivity index (χ0) is 10.3. The summed E-state index contributed by atoms with van der Waals surface area (Å²) in [6, 6.07) is 0. The van der Waals surface area contributed by atoms with Crippen LogP contribution in [0.4, 0.5) is 0 Å². The van der Waals surface area contributed by atoms with E-state index in [2.05, 4.69) is 0 Å². The average molecular weight is 187 g/mol. The van der Waals surface area contributed by atoms with Gasteiger partial charge in [-0.05, 0) is 27.2 Å². The van der Waals surface area contributed by atoms with Crippen LogP contribution >= 0.6 is 0 Å². The predicted molar refractivity (Wildman–Crippen MR) is 52.5 cm³/mol. The number of nitrogens with two attached hydrogens (primary N) is 1. The molecule has 0 bridgehead atoms. The molecule has 1 saturated heterocycles. The van der Waals surface area contributed by atoms with E-state index in [9.17, 15) is 5.11 Å². The minimum absolute atomic E-state index is 0.245. The Morgan fingerprint density at radius 1 is 1.54 bits per heavy atom. The molecule has 13 heavy (non-hydrogen) atoms. The summed E-state index contributed by atoms with van der Waals surface area (Å²) in [6.45, 7) is 8.19. The Kier molecular flexibility index (Phi) is 2.48. The lowest BCUT2D eigenvalue weighted by molar-refractivity contribution is -0.0392. The van der Waals surface area contributed by atoms with E-state index >= 15 is 0 Å². The molecule has 1 aliphatic heterocycles. The van der Waals surface area contributed by atoms with Crippen molar-refractivity contribution in [2.75, 3.05) is 6.61 Å². The molecule has 0 saturated carbocycles. The molecule has 1 fully saturated rings. The number of aliphatic hydroxyl groups is 1. The Bertz CT molecular complexity index is 201. The molecular formula is C10H21NO2. The van der Waals surface area contributed by atoms with Crippen LogP contribution in [0.15, 0.2) is 0 Å². The Hall–Kier alpha value is -0.120. The molecule has 3 N–H and O–H groups in total. The lowest BCUT2D eigenvalue weighted by Gasteiger charge is -2.38. The zero-order valence-electron chi connectivity index (χ0n) is 9.05. The quantitative estimate of drug-likeness (QED) is 0.679. The van der Waals surface area contributed by atoms with Crippen LogP contribution in [0.3, 0.4) is 0 Å². The number of hydrogen-bond acceptors (Lipinski definition) is 3. The van der Waals surface area contributed by atoms with Crippen LogP contribution in [0, 0.1) is 0 Å². The van der Waals surface area contributed by atoms with Gasteiger partial charge in [0.25, 0.3) is 0 Å². The maximum absolute atomic E-state index is 10.3. The fourth-order valence-electron chi connectivity index (χ4n) is 1.82. The second kappa shape index (κ2) is 2.94. The average Bonchev–Trinajstić information content (AvgIpc) is 2.27. The van der Waals surface area contributed by atoms with Crippen molar-refractivity contribution in [1.29, 1.82) is 0 Å². The maximum atomic E-state index is 10.3. The molecule has 0 radical (unpaired) electrons. The van der Waals surface area contributed by atoms with Gasteiger partial charge in [-0.3, -0.25) is 0 Å². The molecule has 3 nitrogen and oxygen atoms in total. The monoisotopic (exact) mass is 187 g/mol. The second-order valence-electron chi connectivity index (χ2n) is 5.03. The van der Waals surface area contributed by atoms with E-state index in [-0.39, 0.29) is 5.60 Å². The summed E-state index contributed by atoms with van der Waals surface area (Å²) in [4.78, 5) is 0. The maximum Gasteiger partial charge on any atom is 0.108 e. The van der Waals surface area contributed by atoms with Gasteiger partial charge in [0.05, 0.1) is 12.2 Å². The van der Waals surface area contributed by atoms with Crippen molar-refractivity contribution < 1.29 is 9.84 Å². The molecule has 0 aromatic rings. The summed E-state index contributed by atoms with van der Waals surface area (Å²) in [6.07, 6.45) is 1.36. The normalized spacial score (nSPS) is 37.4. The highest BCUT2D eigenvalue weighted by molar-refractivity contribution is 5.06. The molecule has 1 rings (SSSR count). The van der Waals surface area contributed by atoms with Crippen molar-refractivity contribution in [2.24, 2.45) is 5.73 Å². The van der Waals surface area contributed by atoms with E-state index in [1.54, 1.807) is 0 Å².